The molecule has 2 N–H and O–H groups in total. The van der Waals surface area contributed by atoms with Crippen LogP contribution in [0.2, 0.25) is 0 Å². The van der Waals surface area contributed by atoms with E-state index in [9.17, 15) is 0 Å². The van der Waals surface area contributed by atoms with Gasteiger partial charge < -0.3 is 10.6 Å². The van der Waals surface area contributed by atoms with Crippen molar-refractivity contribution < 1.29 is 0 Å². The van der Waals surface area contributed by atoms with Crippen molar-refractivity contribution in [2.45, 2.75) is 33.7 Å². The monoisotopic (exact) mass is 276 g/mol. The van der Waals surface area contributed by atoms with Crippen LogP contribution in [0.5, 0.6) is 0 Å². The number of aromatic nitrogens is 2. The second kappa shape index (κ2) is 6.02. The van der Waals surface area contributed by atoms with Gasteiger partial charge in [-0.25, -0.2) is 9.97 Å². The molecule has 0 radical (unpaired) electrons. The first kappa shape index (κ1) is 13.8. The van der Waals surface area contributed by atoms with Crippen molar-refractivity contribution >= 4 is 23.0 Å². The molecule has 0 aromatic carbocycles. The van der Waals surface area contributed by atoms with E-state index in [4.69, 9.17) is 0 Å². The number of nitrogens with zero attached hydrogens (tertiary/aromatic N) is 2. The molecule has 0 aliphatic carbocycles. The van der Waals surface area contributed by atoms with E-state index in [1.807, 2.05) is 18.3 Å². The Bertz CT molecular complexity index is 550. The quantitative estimate of drug-likeness (QED) is 0.873. The van der Waals surface area contributed by atoms with Crippen LogP contribution < -0.4 is 10.6 Å². The summed E-state index contributed by atoms with van der Waals surface area (Å²) in [6.45, 7) is 9.23. The lowest BCUT2D eigenvalue weighted by Crippen LogP contribution is -2.10. The molecule has 19 heavy (non-hydrogen) atoms. The maximum absolute atomic E-state index is 4.34. The predicted octanol–water partition coefficient (Wildman–Crippen LogP) is 3.76. The molecule has 0 amide bonds. The molecule has 0 saturated carbocycles. The number of rotatable bonds is 5. The van der Waals surface area contributed by atoms with Gasteiger partial charge in [-0.2, -0.15) is 0 Å². The highest BCUT2D eigenvalue weighted by atomic mass is 32.1. The van der Waals surface area contributed by atoms with Gasteiger partial charge in [-0.15, -0.1) is 11.3 Å². The van der Waals surface area contributed by atoms with Crippen LogP contribution in [0.4, 0.5) is 11.6 Å². The molecule has 0 bridgehead atoms. The highest BCUT2D eigenvalue weighted by molar-refractivity contribution is 7.12. The molecule has 2 aromatic heterocycles. The highest BCUT2D eigenvalue weighted by Crippen LogP contribution is 2.27. The second-order valence-corrected chi connectivity index (χ2v) is 5.86. The van der Waals surface area contributed by atoms with Crippen LogP contribution in [0.25, 0.3) is 0 Å². The van der Waals surface area contributed by atoms with Gasteiger partial charge in [0.2, 0.25) is 0 Å². The molecule has 0 aliphatic rings. The Morgan fingerprint density at radius 3 is 2.58 bits per heavy atom. The van der Waals surface area contributed by atoms with Crippen LogP contribution in [-0.2, 0) is 0 Å². The van der Waals surface area contributed by atoms with E-state index in [0.29, 0.717) is 0 Å². The average Bonchev–Trinajstić information content (AvgIpc) is 2.81. The minimum absolute atomic E-state index is 0.252. The summed E-state index contributed by atoms with van der Waals surface area (Å²) in [4.78, 5) is 11.2. The minimum Gasteiger partial charge on any atom is -0.370 e. The summed E-state index contributed by atoms with van der Waals surface area (Å²) < 4.78 is 0. The van der Waals surface area contributed by atoms with E-state index in [-0.39, 0.29) is 6.04 Å². The van der Waals surface area contributed by atoms with E-state index in [1.54, 1.807) is 6.33 Å². The lowest BCUT2D eigenvalue weighted by molar-refractivity contribution is 0.888. The predicted molar refractivity (Wildman–Crippen MR) is 82.0 cm³/mol. The maximum Gasteiger partial charge on any atom is 0.134 e. The third-order valence-electron chi connectivity index (χ3n) is 2.97. The molecular formula is C14H20N4S. The van der Waals surface area contributed by atoms with Gasteiger partial charge in [0, 0.05) is 21.9 Å². The zero-order chi connectivity index (χ0) is 13.8. The SMILES string of the molecule is CCNc1ncnc(NC(C)c2ccc(C)s2)c1C. The first-order chi connectivity index (χ1) is 9.11. The molecule has 1 unspecified atom stereocenters. The second-order valence-electron chi connectivity index (χ2n) is 4.54. The number of hydrogen-bond donors (Lipinski definition) is 2. The fourth-order valence-corrected chi connectivity index (χ4v) is 2.78. The maximum atomic E-state index is 4.34. The molecule has 4 nitrogen and oxygen atoms in total. The van der Waals surface area contributed by atoms with Crippen molar-refractivity contribution in [3.8, 4) is 0 Å². The Hall–Kier alpha value is -1.62. The van der Waals surface area contributed by atoms with Crippen LogP contribution in [0.1, 0.15) is 35.2 Å². The molecule has 2 aromatic rings. The Balaban J connectivity index is 2.16. The third-order valence-corrected chi connectivity index (χ3v) is 4.15. The van der Waals surface area contributed by atoms with Crippen LogP contribution in [0.3, 0.4) is 0 Å². The van der Waals surface area contributed by atoms with Gasteiger partial charge in [-0.3, -0.25) is 0 Å². The molecule has 102 valence electrons. The van der Waals surface area contributed by atoms with Gasteiger partial charge in [0.05, 0.1) is 6.04 Å². The number of nitrogens with one attached hydrogen (secondary N) is 2. The molecule has 2 heterocycles. The summed E-state index contributed by atoms with van der Waals surface area (Å²) in [5.74, 6) is 1.79. The van der Waals surface area contributed by atoms with Gasteiger partial charge >= 0.3 is 0 Å². The molecule has 5 heteroatoms. The van der Waals surface area contributed by atoms with Crippen molar-refractivity contribution in [3.05, 3.63) is 33.8 Å². The fraction of sp³-hybridized carbons (Fsp3) is 0.429. The fourth-order valence-electron chi connectivity index (χ4n) is 1.90. The summed E-state index contributed by atoms with van der Waals surface area (Å²) in [6, 6.07) is 4.57. The van der Waals surface area contributed by atoms with E-state index < -0.39 is 0 Å². The Kier molecular flexibility index (Phi) is 4.37. The lowest BCUT2D eigenvalue weighted by atomic mass is 10.2. The summed E-state index contributed by atoms with van der Waals surface area (Å²) in [7, 11) is 0. The first-order valence-electron chi connectivity index (χ1n) is 6.50. The normalized spacial score (nSPS) is 12.2. The van der Waals surface area contributed by atoms with Gasteiger partial charge in [0.15, 0.2) is 0 Å². The number of aryl methyl sites for hydroxylation is 1. The topological polar surface area (TPSA) is 49.8 Å². The third kappa shape index (κ3) is 3.23. The average molecular weight is 276 g/mol. The van der Waals surface area contributed by atoms with E-state index in [1.165, 1.54) is 9.75 Å². The van der Waals surface area contributed by atoms with Crippen molar-refractivity contribution in [1.29, 1.82) is 0 Å². The largest absolute Gasteiger partial charge is 0.370 e. The Morgan fingerprint density at radius 1 is 1.21 bits per heavy atom. The molecule has 1 atom stereocenters. The summed E-state index contributed by atoms with van der Waals surface area (Å²) >= 11 is 1.81. The Morgan fingerprint density at radius 2 is 1.95 bits per heavy atom. The van der Waals surface area contributed by atoms with Crippen molar-refractivity contribution in [3.63, 3.8) is 0 Å². The van der Waals surface area contributed by atoms with Crippen LogP contribution in [0.15, 0.2) is 18.5 Å². The van der Waals surface area contributed by atoms with Crippen molar-refractivity contribution in [2.24, 2.45) is 0 Å². The molecule has 0 fully saturated rings. The van der Waals surface area contributed by atoms with Crippen molar-refractivity contribution in [1.82, 2.24) is 9.97 Å². The standard InChI is InChI=1S/C14H20N4S/c1-5-15-13-10(3)14(17-8-16-13)18-11(4)12-7-6-9(2)19-12/h6-8,11H,5H2,1-4H3,(H2,15,16,17,18). The number of anilines is 2. The first-order valence-corrected chi connectivity index (χ1v) is 7.31. The minimum atomic E-state index is 0.252. The van der Waals surface area contributed by atoms with E-state index >= 15 is 0 Å². The zero-order valence-electron chi connectivity index (χ0n) is 11.8. The number of thiophene rings is 1. The highest BCUT2D eigenvalue weighted by Gasteiger charge is 2.11. The summed E-state index contributed by atoms with van der Waals surface area (Å²) in [5.41, 5.74) is 1.06. The smallest absolute Gasteiger partial charge is 0.134 e. The molecule has 2 rings (SSSR count). The van der Waals surface area contributed by atoms with Gasteiger partial charge in [-0.1, -0.05) is 0 Å². The van der Waals surface area contributed by atoms with Crippen LogP contribution in [0, 0.1) is 13.8 Å². The van der Waals surface area contributed by atoms with Gasteiger partial charge in [0.1, 0.15) is 18.0 Å². The van der Waals surface area contributed by atoms with Crippen LogP contribution in [-0.4, -0.2) is 16.5 Å². The van der Waals surface area contributed by atoms with Crippen molar-refractivity contribution in [2.75, 3.05) is 17.2 Å². The van der Waals surface area contributed by atoms with Gasteiger partial charge in [-0.05, 0) is 39.8 Å². The summed E-state index contributed by atoms with van der Waals surface area (Å²) in [5, 5.41) is 6.70. The lowest BCUT2D eigenvalue weighted by Gasteiger charge is -2.16. The van der Waals surface area contributed by atoms with Gasteiger partial charge in [0.25, 0.3) is 0 Å². The zero-order valence-corrected chi connectivity index (χ0v) is 12.6. The van der Waals surface area contributed by atoms with E-state index in [0.717, 1.165) is 23.7 Å². The summed E-state index contributed by atoms with van der Waals surface area (Å²) in [6.07, 6.45) is 1.60. The molecule has 0 saturated heterocycles. The number of hydrogen-bond acceptors (Lipinski definition) is 5. The molecular weight excluding hydrogens is 256 g/mol. The Labute approximate surface area is 118 Å². The van der Waals surface area contributed by atoms with Crippen LogP contribution >= 0.6 is 11.3 Å². The molecule has 0 aliphatic heterocycles. The molecule has 0 spiro atoms. The van der Waals surface area contributed by atoms with E-state index in [2.05, 4.69) is 53.5 Å².